The Balaban J connectivity index is 2.31. The van der Waals surface area contributed by atoms with Gasteiger partial charge in [-0.05, 0) is 48.2 Å². The highest BCUT2D eigenvalue weighted by Gasteiger charge is 2.16. The first-order valence-corrected chi connectivity index (χ1v) is 8.17. The Morgan fingerprint density at radius 3 is 2.24 bits per heavy atom. The summed E-state index contributed by atoms with van der Waals surface area (Å²) in [7, 11) is -3.79. The van der Waals surface area contributed by atoms with E-state index in [0.29, 0.717) is 5.92 Å². The summed E-state index contributed by atoms with van der Waals surface area (Å²) < 4.78 is 40.5. The molecule has 2 aromatic rings. The lowest BCUT2D eigenvalue weighted by Crippen LogP contribution is -2.14. The molecule has 0 fully saturated rings. The minimum atomic E-state index is -3.79. The van der Waals surface area contributed by atoms with Gasteiger partial charge < -0.3 is 0 Å². The van der Waals surface area contributed by atoms with E-state index in [9.17, 15) is 12.8 Å². The molecule has 0 spiro atoms. The highest BCUT2D eigenvalue weighted by atomic mass is 32.2. The number of rotatable bonds is 4. The number of aryl methyl sites for hydroxylation is 1. The van der Waals surface area contributed by atoms with E-state index < -0.39 is 15.8 Å². The zero-order chi connectivity index (χ0) is 15.6. The molecule has 0 aliphatic heterocycles. The van der Waals surface area contributed by atoms with Crippen LogP contribution < -0.4 is 4.72 Å². The highest BCUT2D eigenvalue weighted by molar-refractivity contribution is 7.92. The number of sulfonamides is 1. The fourth-order valence-electron chi connectivity index (χ4n) is 1.95. The lowest BCUT2D eigenvalue weighted by molar-refractivity contribution is 0.598. The van der Waals surface area contributed by atoms with E-state index in [-0.39, 0.29) is 10.6 Å². The van der Waals surface area contributed by atoms with E-state index in [0.717, 1.165) is 11.1 Å². The molecule has 0 heterocycles. The molecule has 0 atom stereocenters. The highest BCUT2D eigenvalue weighted by Crippen LogP contribution is 2.22. The Morgan fingerprint density at radius 2 is 1.67 bits per heavy atom. The predicted molar refractivity (Wildman–Crippen MR) is 82.5 cm³/mol. The van der Waals surface area contributed by atoms with Gasteiger partial charge in [0, 0.05) is 0 Å². The molecule has 0 aliphatic rings. The van der Waals surface area contributed by atoms with Gasteiger partial charge in [0.1, 0.15) is 5.82 Å². The van der Waals surface area contributed by atoms with Gasteiger partial charge >= 0.3 is 0 Å². The molecule has 5 heteroatoms. The van der Waals surface area contributed by atoms with E-state index in [1.165, 1.54) is 24.3 Å². The molecular formula is C16H18FNO2S. The quantitative estimate of drug-likeness (QED) is 0.926. The summed E-state index contributed by atoms with van der Waals surface area (Å²) >= 11 is 0. The van der Waals surface area contributed by atoms with Crippen LogP contribution in [0.3, 0.4) is 0 Å². The summed E-state index contributed by atoms with van der Waals surface area (Å²) in [5.41, 5.74) is 1.79. The van der Waals surface area contributed by atoms with Crippen LogP contribution in [0.25, 0.3) is 0 Å². The molecule has 0 saturated heterocycles. The Hall–Kier alpha value is -1.88. The van der Waals surface area contributed by atoms with E-state index in [1.54, 1.807) is 25.1 Å². The smallest absolute Gasteiger partial charge is 0.261 e. The summed E-state index contributed by atoms with van der Waals surface area (Å²) in [5, 5.41) is 0. The van der Waals surface area contributed by atoms with Crippen LogP contribution in [0.15, 0.2) is 47.4 Å². The maximum Gasteiger partial charge on any atom is 0.261 e. The van der Waals surface area contributed by atoms with Crippen molar-refractivity contribution in [1.82, 2.24) is 0 Å². The van der Waals surface area contributed by atoms with Crippen LogP contribution in [0.1, 0.15) is 30.9 Å². The molecule has 0 radical (unpaired) electrons. The van der Waals surface area contributed by atoms with Gasteiger partial charge in [-0.1, -0.05) is 32.0 Å². The van der Waals surface area contributed by atoms with Crippen LogP contribution >= 0.6 is 0 Å². The molecular weight excluding hydrogens is 289 g/mol. The van der Waals surface area contributed by atoms with Crippen molar-refractivity contribution in [3.63, 3.8) is 0 Å². The van der Waals surface area contributed by atoms with Crippen LogP contribution in [0, 0.1) is 12.7 Å². The van der Waals surface area contributed by atoms with Crippen LogP contribution in [0.5, 0.6) is 0 Å². The van der Waals surface area contributed by atoms with Crippen LogP contribution in [-0.2, 0) is 10.0 Å². The minimum absolute atomic E-state index is 0.0389. The SMILES string of the molecule is Cc1ccc(F)c(NS(=O)(=O)c2ccc(C(C)C)cc2)c1. The summed E-state index contributed by atoms with van der Waals surface area (Å²) in [4.78, 5) is 0.118. The normalized spacial score (nSPS) is 11.7. The van der Waals surface area contributed by atoms with Crippen LogP contribution in [-0.4, -0.2) is 8.42 Å². The van der Waals surface area contributed by atoms with E-state index in [2.05, 4.69) is 4.72 Å². The molecule has 2 aromatic carbocycles. The Kier molecular flexibility index (Phi) is 4.32. The molecule has 0 amide bonds. The molecule has 3 nitrogen and oxygen atoms in total. The van der Waals surface area contributed by atoms with Gasteiger partial charge in [0.25, 0.3) is 10.0 Å². The Morgan fingerprint density at radius 1 is 1.05 bits per heavy atom. The average Bonchev–Trinajstić information content (AvgIpc) is 2.43. The molecule has 0 bridgehead atoms. The molecule has 0 unspecified atom stereocenters. The summed E-state index contributed by atoms with van der Waals surface area (Å²) in [6.45, 7) is 5.84. The maximum absolute atomic E-state index is 13.7. The van der Waals surface area contributed by atoms with Crippen molar-refractivity contribution in [2.75, 3.05) is 4.72 Å². The third kappa shape index (κ3) is 3.61. The van der Waals surface area contributed by atoms with Crippen molar-refractivity contribution in [2.24, 2.45) is 0 Å². The second-order valence-corrected chi connectivity index (χ2v) is 6.99. The van der Waals surface area contributed by atoms with Gasteiger partial charge in [-0.15, -0.1) is 0 Å². The summed E-state index contributed by atoms with van der Waals surface area (Å²) in [6, 6.07) is 10.9. The van der Waals surface area contributed by atoms with Crippen molar-refractivity contribution >= 4 is 15.7 Å². The second kappa shape index (κ2) is 5.85. The van der Waals surface area contributed by atoms with E-state index in [1.807, 2.05) is 13.8 Å². The molecule has 112 valence electrons. The topological polar surface area (TPSA) is 46.2 Å². The van der Waals surface area contributed by atoms with E-state index in [4.69, 9.17) is 0 Å². The van der Waals surface area contributed by atoms with Gasteiger partial charge in [0.2, 0.25) is 0 Å². The van der Waals surface area contributed by atoms with Crippen molar-refractivity contribution in [2.45, 2.75) is 31.6 Å². The van der Waals surface area contributed by atoms with Crippen molar-refractivity contribution in [3.8, 4) is 0 Å². The first-order valence-electron chi connectivity index (χ1n) is 6.68. The van der Waals surface area contributed by atoms with Crippen molar-refractivity contribution in [1.29, 1.82) is 0 Å². The number of halogens is 1. The van der Waals surface area contributed by atoms with Gasteiger partial charge in [0.15, 0.2) is 0 Å². The maximum atomic E-state index is 13.7. The zero-order valence-electron chi connectivity index (χ0n) is 12.2. The fourth-order valence-corrected chi connectivity index (χ4v) is 3.01. The van der Waals surface area contributed by atoms with Crippen LogP contribution in [0.4, 0.5) is 10.1 Å². The lowest BCUT2D eigenvalue weighted by Gasteiger charge is -2.11. The summed E-state index contributed by atoms with van der Waals surface area (Å²) in [6.07, 6.45) is 0. The average molecular weight is 307 g/mol. The third-order valence-corrected chi connectivity index (χ3v) is 4.60. The molecule has 2 rings (SSSR count). The van der Waals surface area contributed by atoms with Crippen LogP contribution in [0.2, 0.25) is 0 Å². The number of hydrogen-bond donors (Lipinski definition) is 1. The largest absolute Gasteiger partial charge is 0.277 e. The number of anilines is 1. The molecule has 21 heavy (non-hydrogen) atoms. The Labute approximate surface area is 124 Å². The zero-order valence-corrected chi connectivity index (χ0v) is 13.0. The lowest BCUT2D eigenvalue weighted by atomic mass is 10.0. The summed E-state index contributed by atoms with van der Waals surface area (Å²) in [5.74, 6) is -0.271. The monoisotopic (exact) mass is 307 g/mol. The standard InChI is InChI=1S/C16H18FNO2S/c1-11(2)13-5-7-14(8-6-13)21(19,20)18-16-10-12(3)4-9-15(16)17/h4-11,18H,1-3H3. The molecule has 1 N–H and O–H groups in total. The van der Waals surface area contributed by atoms with Gasteiger partial charge in [-0.25, -0.2) is 12.8 Å². The fraction of sp³-hybridized carbons (Fsp3) is 0.250. The van der Waals surface area contributed by atoms with Crippen molar-refractivity contribution in [3.05, 3.63) is 59.4 Å². The Bertz CT molecular complexity index is 737. The third-order valence-electron chi connectivity index (χ3n) is 3.22. The van der Waals surface area contributed by atoms with Crippen molar-refractivity contribution < 1.29 is 12.8 Å². The van der Waals surface area contributed by atoms with Gasteiger partial charge in [-0.2, -0.15) is 0 Å². The first-order chi connectivity index (χ1) is 9.79. The van der Waals surface area contributed by atoms with Gasteiger partial charge in [0.05, 0.1) is 10.6 Å². The molecule has 0 aliphatic carbocycles. The predicted octanol–water partition coefficient (Wildman–Crippen LogP) is 4.06. The second-order valence-electron chi connectivity index (χ2n) is 5.31. The number of benzene rings is 2. The van der Waals surface area contributed by atoms with E-state index >= 15 is 0 Å². The van der Waals surface area contributed by atoms with Gasteiger partial charge in [-0.3, -0.25) is 4.72 Å². The molecule has 0 aromatic heterocycles. The number of hydrogen-bond acceptors (Lipinski definition) is 2. The number of nitrogens with one attached hydrogen (secondary N) is 1. The molecule has 0 saturated carbocycles. The minimum Gasteiger partial charge on any atom is -0.277 e. The first kappa shape index (κ1) is 15.5.